The maximum Gasteiger partial charge on any atom is 0.0595 e. The maximum absolute atomic E-state index is 6.21. The molecule has 2 aliphatic rings. The van der Waals surface area contributed by atoms with E-state index >= 15 is 0 Å². The summed E-state index contributed by atoms with van der Waals surface area (Å²) in [6, 6.07) is 6.24. The fraction of sp³-hybridized carbons (Fsp3) is 0.600. The van der Waals surface area contributed by atoms with Crippen LogP contribution in [0.1, 0.15) is 31.2 Å². The molecule has 3 rings (SSSR count). The molecule has 0 N–H and O–H groups in total. The van der Waals surface area contributed by atoms with Gasteiger partial charge >= 0.3 is 0 Å². The topological polar surface area (TPSA) is 3.24 Å². The van der Waals surface area contributed by atoms with Crippen molar-refractivity contribution in [1.29, 1.82) is 0 Å². The number of halogens is 2. The molecule has 2 atom stereocenters. The molecule has 0 aromatic heterocycles. The predicted molar refractivity (Wildman–Crippen MR) is 77.6 cm³/mol. The Hall–Kier alpha value is -0.240. The number of rotatable bonds is 1. The summed E-state index contributed by atoms with van der Waals surface area (Å²) >= 11 is 12.3. The Balaban J connectivity index is 2.03. The second-order valence-electron chi connectivity index (χ2n) is 5.92. The molecule has 1 aliphatic carbocycles. The minimum absolute atomic E-state index is 0.321. The second-order valence-corrected chi connectivity index (χ2v) is 6.74. The van der Waals surface area contributed by atoms with Crippen molar-refractivity contribution in [2.45, 2.75) is 31.1 Å². The normalized spacial score (nSPS) is 32.5. The third kappa shape index (κ3) is 1.97. The number of benzene rings is 1. The predicted octanol–water partition coefficient (Wildman–Crippen LogP) is 4.37. The summed E-state index contributed by atoms with van der Waals surface area (Å²) in [4.78, 5) is 2.47. The number of hydrogen-bond acceptors (Lipinski definition) is 1. The van der Waals surface area contributed by atoms with E-state index in [2.05, 4.69) is 24.1 Å². The van der Waals surface area contributed by atoms with Crippen LogP contribution < -0.4 is 0 Å². The van der Waals surface area contributed by atoms with Crippen molar-refractivity contribution in [2.75, 3.05) is 20.1 Å². The van der Waals surface area contributed by atoms with Gasteiger partial charge in [0.25, 0.3) is 0 Å². The highest BCUT2D eigenvalue weighted by atomic mass is 35.5. The molecule has 0 bridgehead atoms. The average Bonchev–Trinajstić information content (AvgIpc) is 2.69. The van der Waals surface area contributed by atoms with Crippen LogP contribution >= 0.6 is 23.2 Å². The van der Waals surface area contributed by atoms with Crippen LogP contribution in [0.3, 0.4) is 0 Å². The van der Waals surface area contributed by atoms with E-state index in [0.29, 0.717) is 15.5 Å². The third-order valence-corrected chi connectivity index (χ3v) is 5.52. The van der Waals surface area contributed by atoms with E-state index < -0.39 is 0 Å². The van der Waals surface area contributed by atoms with Gasteiger partial charge in [0.15, 0.2) is 0 Å². The lowest BCUT2D eigenvalue weighted by atomic mass is 9.64. The lowest BCUT2D eigenvalue weighted by Crippen LogP contribution is -2.37. The van der Waals surface area contributed by atoms with Crippen molar-refractivity contribution in [2.24, 2.45) is 5.92 Å². The highest BCUT2D eigenvalue weighted by Crippen LogP contribution is 2.49. The van der Waals surface area contributed by atoms with Gasteiger partial charge in [-0.1, -0.05) is 42.1 Å². The molecule has 2 fully saturated rings. The van der Waals surface area contributed by atoms with Crippen molar-refractivity contribution in [3.63, 3.8) is 0 Å². The number of likely N-dealkylation sites (N-methyl/N-ethyl adjacent to an activating group) is 1. The minimum Gasteiger partial charge on any atom is -0.305 e. The lowest BCUT2D eigenvalue weighted by Gasteiger charge is -2.39. The molecule has 1 heterocycles. The van der Waals surface area contributed by atoms with E-state index in [-0.39, 0.29) is 0 Å². The van der Waals surface area contributed by atoms with E-state index in [4.69, 9.17) is 23.2 Å². The van der Waals surface area contributed by atoms with E-state index in [9.17, 15) is 0 Å². The van der Waals surface area contributed by atoms with E-state index in [1.807, 2.05) is 6.07 Å². The van der Waals surface area contributed by atoms with Crippen molar-refractivity contribution in [1.82, 2.24) is 4.90 Å². The summed E-state index contributed by atoms with van der Waals surface area (Å²) in [5, 5.41) is 1.36. The second kappa shape index (κ2) is 4.70. The summed E-state index contributed by atoms with van der Waals surface area (Å²) in [7, 11) is 2.23. The smallest absolute Gasteiger partial charge is 0.0595 e. The Bertz CT molecular complexity index is 460. The first-order valence-electron chi connectivity index (χ1n) is 6.76. The van der Waals surface area contributed by atoms with Crippen LogP contribution in [-0.2, 0) is 5.41 Å². The third-order valence-electron chi connectivity index (χ3n) is 4.79. The molecule has 0 amide bonds. The Morgan fingerprint density at radius 2 is 2.06 bits per heavy atom. The van der Waals surface area contributed by atoms with Gasteiger partial charge in [0.1, 0.15) is 0 Å². The molecular weight excluding hydrogens is 265 g/mol. The van der Waals surface area contributed by atoms with Gasteiger partial charge in [-0.2, -0.15) is 0 Å². The van der Waals surface area contributed by atoms with Crippen LogP contribution in [0.25, 0.3) is 0 Å². The first kappa shape index (κ1) is 12.8. The molecule has 0 radical (unpaired) electrons. The Morgan fingerprint density at radius 3 is 2.83 bits per heavy atom. The molecule has 3 heteroatoms. The molecule has 0 spiro atoms. The Kier molecular flexibility index (Phi) is 3.34. The number of nitrogens with zero attached hydrogens (tertiary/aromatic N) is 1. The van der Waals surface area contributed by atoms with Gasteiger partial charge in [0.05, 0.1) is 10.0 Å². The Labute approximate surface area is 119 Å². The van der Waals surface area contributed by atoms with E-state index in [1.165, 1.54) is 37.8 Å². The molecular formula is C15H19Cl2N. The molecule has 1 aromatic rings. The zero-order valence-electron chi connectivity index (χ0n) is 10.8. The molecule has 1 saturated carbocycles. The quantitative estimate of drug-likeness (QED) is 0.740. The first-order chi connectivity index (χ1) is 8.62. The lowest BCUT2D eigenvalue weighted by molar-refractivity contribution is 0.242. The van der Waals surface area contributed by atoms with Gasteiger partial charge in [0.2, 0.25) is 0 Å². The molecule has 1 aromatic carbocycles. The van der Waals surface area contributed by atoms with Gasteiger partial charge in [-0.15, -0.1) is 0 Å². The highest BCUT2D eigenvalue weighted by Gasteiger charge is 2.47. The fourth-order valence-electron chi connectivity index (χ4n) is 3.99. The molecule has 2 unspecified atom stereocenters. The maximum atomic E-state index is 6.21. The van der Waals surface area contributed by atoms with Gasteiger partial charge < -0.3 is 4.90 Å². The molecule has 1 nitrogen and oxygen atoms in total. The summed E-state index contributed by atoms with van der Waals surface area (Å²) < 4.78 is 0. The van der Waals surface area contributed by atoms with Crippen LogP contribution in [0.5, 0.6) is 0 Å². The van der Waals surface area contributed by atoms with E-state index in [0.717, 1.165) is 12.5 Å². The first-order valence-corrected chi connectivity index (χ1v) is 7.51. The van der Waals surface area contributed by atoms with Crippen LogP contribution in [0, 0.1) is 5.92 Å². The zero-order valence-corrected chi connectivity index (χ0v) is 12.3. The summed E-state index contributed by atoms with van der Waals surface area (Å²) in [5.74, 6) is 0.786. The molecule has 1 saturated heterocycles. The standard InChI is InChI=1S/C15H19Cl2N/c1-18-9-12-4-2-3-7-15(12,10-18)11-5-6-13(16)14(17)8-11/h5-6,8,12H,2-4,7,9-10H2,1H3. The SMILES string of the molecule is CN1CC2CCCCC2(c2ccc(Cl)c(Cl)c2)C1. The number of fused-ring (bicyclic) bond motifs is 1. The summed E-state index contributed by atoms with van der Waals surface area (Å²) in [6.07, 6.45) is 5.36. The molecule has 1 aliphatic heterocycles. The van der Waals surface area contributed by atoms with Crippen molar-refractivity contribution >= 4 is 23.2 Å². The van der Waals surface area contributed by atoms with Crippen LogP contribution in [0.15, 0.2) is 18.2 Å². The average molecular weight is 284 g/mol. The van der Waals surface area contributed by atoms with Crippen molar-refractivity contribution < 1.29 is 0 Å². The van der Waals surface area contributed by atoms with Crippen molar-refractivity contribution in [3.8, 4) is 0 Å². The number of hydrogen-bond donors (Lipinski definition) is 0. The molecule has 18 heavy (non-hydrogen) atoms. The van der Waals surface area contributed by atoms with Crippen molar-refractivity contribution in [3.05, 3.63) is 33.8 Å². The van der Waals surface area contributed by atoms with Gasteiger partial charge in [-0.3, -0.25) is 0 Å². The number of likely N-dealkylation sites (tertiary alicyclic amines) is 1. The van der Waals surface area contributed by atoms with Crippen LogP contribution in [0.4, 0.5) is 0 Å². The highest BCUT2D eigenvalue weighted by molar-refractivity contribution is 6.42. The molecule has 98 valence electrons. The van der Waals surface area contributed by atoms with Gasteiger partial charge in [-0.05, 0) is 43.5 Å². The van der Waals surface area contributed by atoms with Gasteiger partial charge in [-0.25, -0.2) is 0 Å². The van der Waals surface area contributed by atoms with Crippen LogP contribution in [-0.4, -0.2) is 25.0 Å². The summed E-state index contributed by atoms with van der Waals surface area (Å²) in [6.45, 7) is 2.38. The summed E-state index contributed by atoms with van der Waals surface area (Å²) in [5.41, 5.74) is 1.72. The zero-order chi connectivity index (χ0) is 12.8. The fourth-order valence-corrected chi connectivity index (χ4v) is 4.28. The van der Waals surface area contributed by atoms with Crippen LogP contribution in [0.2, 0.25) is 10.0 Å². The minimum atomic E-state index is 0.321. The monoisotopic (exact) mass is 283 g/mol. The van der Waals surface area contributed by atoms with Gasteiger partial charge in [0, 0.05) is 18.5 Å². The van der Waals surface area contributed by atoms with E-state index in [1.54, 1.807) is 0 Å². The Morgan fingerprint density at radius 1 is 1.22 bits per heavy atom. The largest absolute Gasteiger partial charge is 0.305 e.